The molecule has 2 saturated heterocycles. The topological polar surface area (TPSA) is 69.3 Å². The van der Waals surface area contributed by atoms with Crippen LogP contribution in [0.4, 0.5) is 0 Å². The fourth-order valence-electron chi connectivity index (χ4n) is 3.74. The van der Waals surface area contributed by atoms with Crippen LogP contribution in [0.5, 0.6) is 0 Å². The molecule has 23 heavy (non-hydrogen) atoms. The van der Waals surface area contributed by atoms with Gasteiger partial charge >= 0.3 is 0 Å². The molecule has 1 atom stereocenters. The number of aromatic nitrogens is 2. The number of hydrogen-bond donors (Lipinski definition) is 1. The summed E-state index contributed by atoms with van der Waals surface area (Å²) in [5.74, 6) is 0. The number of nitrogens with zero attached hydrogens (tertiary/aromatic N) is 3. The van der Waals surface area contributed by atoms with E-state index in [1.165, 1.54) is 5.56 Å². The lowest BCUT2D eigenvalue weighted by Crippen LogP contribution is -2.38. The highest BCUT2D eigenvalue weighted by Gasteiger charge is 2.38. The van der Waals surface area contributed by atoms with Crippen LogP contribution < -0.4 is 0 Å². The molecule has 6 nitrogen and oxygen atoms in total. The quantitative estimate of drug-likeness (QED) is 0.921. The molecule has 1 aromatic carbocycles. The maximum Gasteiger partial charge on any atom is 0.218 e. The molecule has 0 aliphatic carbocycles. The number of para-hydroxylation sites is 1. The van der Waals surface area contributed by atoms with E-state index >= 15 is 0 Å². The summed E-state index contributed by atoms with van der Waals surface area (Å²) < 4.78 is 27.1. The molecule has 0 bridgehead atoms. The van der Waals surface area contributed by atoms with Gasteiger partial charge in [0.2, 0.25) is 10.0 Å². The van der Waals surface area contributed by atoms with Gasteiger partial charge in [0.1, 0.15) is 0 Å². The van der Waals surface area contributed by atoms with Gasteiger partial charge < -0.3 is 0 Å². The van der Waals surface area contributed by atoms with Gasteiger partial charge in [-0.2, -0.15) is 5.10 Å². The highest BCUT2D eigenvalue weighted by atomic mass is 32.2. The smallest absolute Gasteiger partial charge is 0.218 e. The number of hydrogen-bond acceptors (Lipinski definition) is 4. The molecule has 2 aromatic rings. The van der Waals surface area contributed by atoms with Gasteiger partial charge in [0.15, 0.2) is 0 Å². The van der Waals surface area contributed by atoms with Gasteiger partial charge in [-0.25, -0.2) is 12.7 Å². The predicted octanol–water partition coefficient (Wildman–Crippen LogP) is 1.56. The van der Waals surface area contributed by atoms with Crippen molar-refractivity contribution in [3.05, 3.63) is 30.0 Å². The first-order valence-corrected chi connectivity index (χ1v) is 9.77. The van der Waals surface area contributed by atoms with Crippen LogP contribution in [0.25, 0.3) is 10.9 Å². The maximum atomic E-state index is 12.7. The van der Waals surface area contributed by atoms with E-state index in [-0.39, 0.29) is 5.25 Å². The molecular weight excluding hydrogens is 312 g/mol. The SMILES string of the molecule is O=S(=O)(C1CCN(Cc2cccc3cn[nH]c23)C1)N1CCCC1. The number of likely N-dealkylation sites (tertiary alicyclic amines) is 1. The third kappa shape index (κ3) is 2.77. The van der Waals surface area contributed by atoms with E-state index in [4.69, 9.17) is 0 Å². The van der Waals surface area contributed by atoms with Crippen LogP contribution in [0.3, 0.4) is 0 Å². The Morgan fingerprint density at radius 2 is 2.04 bits per heavy atom. The van der Waals surface area contributed by atoms with Crippen LogP contribution in [-0.2, 0) is 16.6 Å². The first-order valence-electron chi connectivity index (χ1n) is 8.27. The van der Waals surface area contributed by atoms with Crippen molar-refractivity contribution in [3.63, 3.8) is 0 Å². The van der Waals surface area contributed by atoms with E-state index in [9.17, 15) is 8.42 Å². The van der Waals surface area contributed by atoms with Crippen LogP contribution in [-0.4, -0.2) is 59.2 Å². The minimum atomic E-state index is -3.12. The number of sulfonamides is 1. The maximum absolute atomic E-state index is 12.7. The molecule has 2 fully saturated rings. The van der Waals surface area contributed by atoms with Crippen LogP contribution in [0.2, 0.25) is 0 Å². The molecule has 2 aliphatic heterocycles. The molecule has 2 aliphatic rings. The number of H-pyrrole nitrogens is 1. The van der Waals surface area contributed by atoms with Gasteiger partial charge in [-0.3, -0.25) is 10.00 Å². The summed E-state index contributed by atoms with van der Waals surface area (Å²) in [6.45, 7) is 3.63. The van der Waals surface area contributed by atoms with E-state index in [2.05, 4.69) is 21.2 Å². The molecule has 3 heterocycles. The number of aromatic amines is 1. The lowest BCUT2D eigenvalue weighted by atomic mass is 10.1. The summed E-state index contributed by atoms with van der Waals surface area (Å²) in [5.41, 5.74) is 2.23. The van der Waals surface area contributed by atoms with Crippen LogP contribution in [0.15, 0.2) is 24.4 Å². The van der Waals surface area contributed by atoms with E-state index in [1.54, 1.807) is 4.31 Å². The third-order valence-electron chi connectivity index (χ3n) is 5.03. The average Bonchev–Trinajstić information content (AvgIpc) is 3.29. The van der Waals surface area contributed by atoms with Gasteiger partial charge in [0.25, 0.3) is 0 Å². The van der Waals surface area contributed by atoms with Crippen molar-refractivity contribution in [1.29, 1.82) is 0 Å². The number of benzene rings is 1. The van der Waals surface area contributed by atoms with Crippen molar-refractivity contribution >= 4 is 20.9 Å². The Bertz CT molecular complexity index is 795. The Hall–Kier alpha value is -1.44. The van der Waals surface area contributed by atoms with Crippen molar-refractivity contribution in [2.75, 3.05) is 26.2 Å². The second-order valence-corrected chi connectivity index (χ2v) is 8.76. The summed E-state index contributed by atoms with van der Waals surface area (Å²) in [4.78, 5) is 2.24. The van der Waals surface area contributed by atoms with Gasteiger partial charge in [-0.05, 0) is 31.4 Å². The molecule has 1 unspecified atom stereocenters. The van der Waals surface area contributed by atoms with Crippen molar-refractivity contribution in [2.45, 2.75) is 31.1 Å². The predicted molar refractivity (Wildman–Crippen MR) is 89.5 cm³/mol. The second kappa shape index (κ2) is 5.89. The lowest BCUT2D eigenvalue weighted by molar-refractivity contribution is 0.331. The number of rotatable bonds is 4. The third-order valence-corrected chi connectivity index (χ3v) is 7.34. The summed E-state index contributed by atoms with van der Waals surface area (Å²) in [7, 11) is -3.12. The highest BCUT2D eigenvalue weighted by Crippen LogP contribution is 2.26. The average molecular weight is 334 g/mol. The molecule has 4 rings (SSSR count). The molecule has 0 radical (unpaired) electrons. The number of nitrogens with one attached hydrogen (secondary N) is 1. The monoisotopic (exact) mass is 334 g/mol. The van der Waals surface area contributed by atoms with Crippen molar-refractivity contribution < 1.29 is 8.42 Å². The van der Waals surface area contributed by atoms with Crippen molar-refractivity contribution in [1.82, 2.24) is 19.4 Å². The molecule has 124 valence electrons. The summed E-state index contributed by atoms with van der Waals surface area (Å²) in [5, 5.41) is 7.99. The second-order valence-electron chi connectivity index (χ2n) is 6.55. The Kier molecular flexibility index (Phi) is 3.87. The van der Waals surface area contributed by atoms with Gasteiger partial charge in [-0.1, -0.05) is 18.2 Å². The van der Waals surface area contributed by atoms with Gasteiger partial charge in [-0.15, -0.1) is 0 Å². The van der Waals surface area contributed by atoms with Crippen molar-refractivity contribution in [3.8, 4) is 0 Å². The Morgan fingerprint density at radius 3 is 2.87 bits per heavy atom. The molecular formula is C16H22N4O2S. The van der Waals surface area contributed by atoms with Crippen LogP contribution in [0.1, 0.15) is 24.8 Å². The summed E-state index contributed by atoms with van der Waals surface area (Å²) in [6, 6.07) is 6.15. The summed E-state index contributed by atoms with van der Waals surface area (Å²) >= 11 is 0. The van der Waals surface area contributed by atoms with E-state index in [1.807, 2.05) is 18.3 Å². The zero-order valence-corrected chi connectivity index (χ0v) is 13.9. The fourth-order valence-corrected chi connectivity index (χ4v) is 5.73. The lowest BCUT2D eigenvalue weighted by Gasteiger charge is -2.21. The Morgan fingerprint density at radius 1 is 1.22 bits per heavy atom. The summed E-state index contributed by atoms with van der Waals surface area (Å²) in [6.07, 6.45) is 4.55. The molecule has 7 heteroatoms. The normalized spacial score (nSPS) is 23.9. The van der Waals surface area contributed by atoms with Crippen LogP contribution in [0, 0.1) is 0 Å². The first kappa shape index (κ1) is 15.1. The largest absolute Gasteiger partial charge is 0.298 e. The van der Waals surface area contributed by atoms with E-state index in [0.717, 1.165) is 43.3 Å². The molecule has 1 aromatic heterocycles. The fraction of sp³-hybridized carbons (Fsp3) is 0.562. The first-order chi connectivity index (χ1) is 11.1. The van der Waals surface area contributed by atoms with Crippen molar-refractivity contribution in [2.24, 2.45) is 0 Å². The standard InChI is InChI=1S/C16H22N4O2S/c21-23(22,20-7-1-2-8-20)15-6-9-19(12-15)11-14-5-3-4-13-10-17-18-16(13)14/h3-5,10,15H,1-2,6-9,11-12H2,(H,17,18). The minimum Gasteiger partial charge on any atom is -0.298 e. The number of fused-ring (bicyclic) bond motifs is 1. The van der Waals surface area contributed by atoms with Gasteiger partial charge in [0.05, 0.1) is 17.0 Å². The highest BCUT2D eigenvalue weighted by molar-refractivity contribution is 7.89. The molecule has 0 spiro atoms. The zero-order valence-electron chi connectivity index (χ0n) is 13.1. The molecule has 0 amide bonds. The minimum absolute atomic E-state index is 0.249. The van der Waals surface area contributed by atoms with E-state index < -0.39 is 10.0 Å². The molecule has 1 N–H and O–H groups in total. The van der Waals surface area contributed by atoms with E-state index in [0.29, 0.717) is 19.6 Å². The zero-order chi connectivity index (χ0) is 15.9. The Balaban J connectivity index is 1.47. The molecule has 0 saturated carbocycles. The van der Waals surface area contributed by atoms with Crippen LogP contribution >= 0.6 is 0 Å². The van der Waals surface area contributed by atoms with Gasteiger partial charge in [0, 0.05) is 31.6 Å². The Labute approximate surface area is 136 Å².